The lowest BCUT2D eigenvalue weighted by Crippen LogP contribution is -2.51. The number of allylic oxidation sites excluding steroid dienone is 1. The Morgan fingerprint density at radius 1 is 1.16 bits per heavy atom. The van der Waals surface area contributed by atoms with Crippen molar-refractivity contribution in [3.8, 4) is 5.88 Å². The third-order valence-corrected chi connectivity index (χ3v) is 6.94. The second-order valence-electron chi connectivity index (χ2n) is 10.2. The molecule has 37 heavy (non-hydrogen) atoms. The first-order chi connectivity index (χ1) is 17.8. The van der Waals surface area contributed by atoms with Crippen molar-refractivity contribution in [1.82, 2.24) is 25.4 Å². The van der Waals surface area contributed by atoms with Gasteiger partial charge in [0.1, 0.15) is 11.7 Å². The number of ether oxygens (including phenoxy) is 1. The van der Waals surface area contributed by atoms with E-state index in [1.54, 1.807) is 30.4 Å². The summed E-state index contributed by atoms with van der Waals surface area (Å²) in [5.74, 6) is 0.881. The van der Waals surface area contributed by atoms with Crippen molar-refractivity contribution in [2.24, 2.45) is 17.8 Å². The number of aromatic nitrogens is 3. The molecule has 1 unspecified atom stereocenters. The molecule has 2 aromatic rings. The minimum atomic E-state index is -0.671. The van der Waals surface area contributed by atoms with E-state index >= 15 is 0 Å². The quantitative estimate of drug-likeness (QED) is 0.243. The van der Waals surface area contributed by atoms with E-state index in [-0.39, 0.29) is 35.5 Å². The predicted molar refractivity (Wildman–Crippen MR) is 141 cm³/mol. The third-order valence-electron chi connectivity index (χ3n) is 6.94. The van der Waals surface area contributed by atoms with Gasteiger partial charge in [-0.1, -0.05) is 0 Å². The Kier molecular flexibility index (Phi) is 8.25. The Bertz CT molecular complexity index is 1140. The maximum Gasteiger partial charge on any atom is 0.268 e. The Morgan fingerprint density at radius 3 is 2.46 bits per heavy atom. The molecule has 2 saturated carbocycles. The maximum absolute atomic E-state index is 13.6. The average Bonchev–Trinajstić information content (AvgIpc) is 3.82. The molecular formula is C27H37N7O3. The van der Waals surface area contributed by atoms with Gasteiger partial charge >= 0.3 is 0 Å². The summed E-state index contributed by atoms with van der Waals surface area (Å²) >= 11 is 0. The van der Waals surface area contributed by atoms with Gasteiger partial charge in [0.25, 0.3) is 5.91 Å². The molecule has 2 atom stereocenters. The highest BCUT2D eigenvalue weighted by molar-refractivity contribution is 6.02. The van der Waals surface area contributed by atoms with Crippen LogP contribution in [-0.2, 0) is 9.59 Å². The van der Waals surface area contributed by atoms with Crippen LogP contribution in [0.4, 0.5) is 5.69 Å². The minimum absolute atomic E-state index is 0.0122. The lowest BCUT2D eigenvalue weighted by molar-refractivity contribution is -0.126. The van der Waals surface area contributed by atoms with Crippen LogP contribution >= 0.6 is 0 Å². The highest BCUT2D eigenvalue weighted by atomic mass is 16.5. The van der Waals surface area contributed by atoms with Crippen molar-refractivity contribution in [2.45, 2.75) is 64.6 Å². The van der Waals surface area contributed by atoms with E-state index in [2.05, 4.69) is 26.0 Å². The van der Waals surface area contributed by atoms with Gasteiger partial charge in [-0.3, -0.25) is 14.3 Å². The van der Waals surface area contributed by atoms with Crippen LogP contribution in [-0.4, -0.2) is 52.0 Å². The summed E-state index contributed by atoms with van der Waals surface area (Å²) in [6.45, 7) is 5.83. The zero-order chi connectivity index (χ0) is 26.5. The number of hydrogen-bond acceptors (Lipinski definition) is 7. The molecule has 10 heteroatoms. The number of carbonyl (C=O) groups excluding carboxylic acids is 2. The lowest BCUT2D eigenvalue weighted by Gasteiger charge is -2.28. The molecule has 0 aromatic carbocycles. The van der Waals surface area contributed by atoms with Gasteiger partial charge in [0.2, 0.25) is 11.8 Å². The highest BCUT2D eigenvalue weighted by Crippen LogP contribution is 2.50. The van der Waals surface area contributed by atoms with E-state index in [0.717, 1.165) is 37.5 Å². The van der Waals surface area contributed by atoms with Crippen molar-refractivity contribution in [2.75, 3.05) is 12.4 Å². The summed E-state index contributed by atoms with van der Waals surface area (Å²) in [5.41, 5.74) is 1.71. The monoisotopic (exact) mass is 507 g/mol. The van der Waals surface area contributed by atoms with E-state index < -0.39 is 6.04 Å². The Morgan fingerprint density at radius 2 is 1.86 bits per heavy atom. The van der Waals surface area contributed by atoms with Crippen LogP contribution in [0, 0.1) is 23.2 Å². The number of methoxy groups -OCH3 is 1. The van der Waals surface area contributed by atoms with Crippen LogP contribution < -0.4 is 20.7 Å². The summed E-state index contributed by atoms with van der Waals surface area (Å²) in [7, 11) is 1.58. The van der Waals surface area contributed by atoms with Crippen LogP contribution in [0.2, 0.25) is 0 Å². The zero-order valence-electron chi connectivity index (χ0n) is 21.9. The molecule has 0 aliphatic heterocycles. The maximum atomic E-state index is 13.6. The highest BCUT2D eigenvalue weighted by Gasteiger charge is 2.48. The fourth-order valence-corrected chi connectivity index (χ4v) is 4.90. The molecule has 0 radical (unpaired) electrons. The number of nitrogens with zero attached hydrogens (tertiary/aromatic N) is 3. The summed E-state index contributed by atoms with van der Waals surface area (Å²) in [6.07, 6.45) is 11.9. The summed E-state index contributed by atoms with van der Waals surface area (Å²) in [4.78, 5) is 31.1. The SMILES string of the molecule is COc1ncccc1[C@H](C)n1cc(NC(=O)C(NC(=O)/C(=C/C=N)NC(C)C)C(C2CC2)C2CC2)cn1. The standard InChI is InChI=1S/C27H37N7O3/c1-16(2)31-22(11-12-28)25(35)33-24(23(18-7-8-18)19-9-10-19)26(36)32-20-14-30-34(15-20)17(3)21-6-5-13-29-27(21)37-4/h5-6,11-19,23-24,28,31H,7-10H2,1-4H3,(H,32,36)(H,33,35)/b22-11-,28-12?/t17-,24?/m0/s1. The summed E-state index contributed by atoms with van der Waals surface area (Å²) in [6, 6.07) is 2.96. The van der Waals surface area contributed by atoms with Crippen LogP contribution in [0.25, 0.3) is 0 Å². The second-order valence-corrected chi connectivity index (χ2v) is 10.2. The van der Waals surface area contributed by atoms with E-state index in [1.807, 2.05) is 32.9 Å². The normalized spacial score (nSPS) is 17.3. The molecule has 10 nitrogen and oxygen atoms in total. The second kappa shape index (κ2) is 11.6. The van der Waals surface area contributed by atoms with Crippen molar-refractivity contribution < 1.29 is 14.3 Å². The van der Waals surface area contributed by atoms with Crippen molar-refractivity contribution in [3.05, 3.63) is 48.1 Å². The molecule has 2 aliphatic rings. The number of pyridine rings is 1. The largest absolute Gasteiger partial charge is 0.481 e. The molecule has 2 aromatic heterocycles. The van der Waals surface area contributed by atoms with E-state index in [4.69, 9.17) is 10.1 Å². The van der Waals surface area contributed by atoms with Crippen LogP contribution in [0.15, 0.2) is 42.5 Å². The number of amides is 2. The van der Waals surface area contributed by atoms with Gasteiger partial charge < -0.3 is 26.1 Å². The molecule has 4 rings (SSSR count). The van der Waals surface area contributed by atoms with Crippen molar-refractivity contribution in [3.63, 3.8) is 0 Å². The van der Waals surface area contributed by atoms with Gasteiger partial charge in [0.15, 0.2) is 0 Å². The van der Waals surface area contributed by atoms with Gasteiger partial charge in [-0.05, 0) is 82.4 Å². The first-order valence-corrected chi connectivity index (χ1v) is 12.9. The molecule has 4 N–H and O–H groups in total. The smallest absolute Gasteiger partial charge is 0.268 e. The minimum Gasteiger partial charge on any atom is -0.481 e. The molecule has 2 aliphatic carbocycles. The average molecular weight is 508 g/mol. The molecule has 0 spiro atoms. The summed E-state index contributed by atoms with van der Waals surface area (Å²) in [5, 5.41) is 21.0. The number of carbonyl (C=O) groups is 2. The first kappa shape index (κ1) is 26.4. The van der Waals surface area contributed by atoms with Gasteiger partial charge in [0.05, 0.1) is 25.0 Å². The van der Waals surface area contributed by atoms with E-state index in [9.17, 15) is 9.59 Å². The number of nitrogens with one attached hydrogen (secondary N) is 4. The van der Waals surface area contributed by atoms with Crippen molar-refractivity contribution in [1.29, 1.82) is 5.41 Å². The van der Waals surface area contributed by atoms with Gasteiger partial charge in [0, 0.05) is 30.2 Å². The fourth-order valence-electron chi connectivity index (χ4n) is 4.90. The molecule has 198 valence electrons. The van der Waals surface area contributed by atoms with Crippen LogP contribution in [0.1, 0.15) is 58.1 Å². The lowest BCUT2D eigenvalue weighted by atomic mass is 9.88. The number of hydrogen-bond donors (Lipinski definition) is 4. The summed E-state index contributed by atoms with van der Waals surface area (Å²) < 4.78 is 7.13. The van der Waals surface area contributed by atoms with Gasteiger partial charge in [-0.2, -0.15) is 5.10 Å². The molecule has 2 fully saturated rings. The number of anilines is 1. The Balaban J connectivity index is 1.52. The predicted octanol–water partition coefficient (Wildman–Crippen LogP) is 3.29. The first-order valence-electron chi connectivity index (χ1n) is 12.9. The van der Waals surface area contributed by atoms with E-state index in [1.165, 1.54) is 6.08 Å². The van der Waals surface area contributed by atoms with Gasteiger partial charge in [-0.15, -0.1) is 0 Å². The van der Waals surface area contributed by atoms with Crippen LogP contribution in [0.3, 0.4) is 0 Å². The Labute approximate surface area is 217 Å². The Hall–Kier alpha value is -3.69. The molecule has 0 bridgehead atoms. The third kappa shape index (κ3) is 6.55. The zero-order valence-corrected chi connectivity index (χ0v) is 21.9. The molecule has 2 amide bonds. The van der Waals surface area contributed by atoms with Crippen LogP contribution in [0.5, 0.6) is 5.88 Å². The van der Waals surface area contributed by atoms with Gasteiger partial charge in [-0.25, -0.2) is 4.98 Å². The fraction of sp³-hybridized carbons (Fsp3) is 0.519. The van der Waals surface area contributed by atoms with E-state index in [0.29, 0.717) is 23.4 Å². The molecular weight excluding hydrogens is 470 g/mol. The molecule has 0 saturated heterocycles. The van der Waals surface area contributed by atoms with Crippen molar-refractivity contribution >= 4 is 23.7 Å². The topological polar surface area (TPSA) is 134 Å². The number of rotatable bonds is 13. The molecule has 2 heterocycles.